The van der Waals surface area contributed by atoms with Gasteiger partial charge in [-0.05, 0) is 33.8 Å². The molecule has 1 heterocycles. The summed E-state index contributed by atoms with van der Waals surface area (Å²) in [6.07, 6.45) is 0.902. The number of esters is 2. The molecule has 0 aliphatic heterocycles. The molecule has 1 rings (SSSR count). The highest BCUT2D eigenvalue weighted by Gasteiger charge is 2.21. The zero-order valence-electron chi connectivity index (χ0n) is 16.7. The molecule has 0 spiro atoms. The second kappa shape index (κ2) is 10.7. The van der Waals surface area contributed by atoms with Crippen LogP contribution < -0.4 is 5.32 Å². The number of hydrogen-bond donors (Lipinski definition) is 1. The van der Waals surface area contributed by atoms with E-state index < -0.39 is 29.2 Å². The van der Waals surface area contributed by atoms with E-state index in [-0.39, 0.29) is 19.7 Å². The van der Waals surface area contributed by atoms with Crippen molar-refractivity contribution in [3.8, 4) is 0 Å². The third-order valence-corrected chi connectivity index (χ3v) is 3.13. The van der Waals surface area contributed by atoms with Gasteiger partial charge < -0.3 is 24.4 Å². The number of halogens is 1. The van der Waals surface area contributed by atoms with Crippen LogP contribution in [0.15, 0.2) is 18.3 Å². The van der Waals surface area contributed by atoms with E-state index in [2.05, 4.69) is 10.3 Å². The van der Waals surface area contributed by atoms with Crippen molar-refractivity contribution in [1.82, 2.24) is 9.88 Å². The van der Waals surface area contributed by atoms with Crippen LogP contribution in [0.25, 0.3) is 0 Å². The topological polar surface area (TPSA) is 107 Å². The minimum Gasteiger partial charge on any atom is -0.459 e. The Morgan fingerprint density at radius 2 is 1.96 bits per heavy atom. The number of amides is 1. The Labute approximate surface area is 169 Å². The van der Waals surface area contributed by atoms with Gasteiger partial charge in [0.1, 0.15) is 31.1 Å². The number of anilines is 1. The predicted octanol–water partition coefficient (Wildman–Crippen LogP) is 2.53. The highest BCUT2D eigenvalue weighted by atomic mass is 35.5. The van der Waals surface area contributed by atoms with Crippen molar-refractivity contribution in [3.05, 3.63) is 23.9 Å². The minimum absolute atomic E-state index is 0.0852. The zero-order chi connectivity index (χ0) is 21.3. The molecule has 0 fully saturated rings. The minimum atomic E-state index is -0.736. The van der Waals surface area contributed by atoms with Gasteiger partial charge >= 0.3 is 18.0 Å². The molecule has 1 amide bonds. The second-order valence-electron chi connectivity index (χ2n) is 6.89. The molecule has 0 saturated heterocycles. The van der Waals surface area contributed by atoms with E-state index in [1.807, 2.05) is 0 Å². The van der Waals surface area contributed by atoms with E-state index in [1.54, 1.807) is 32.9 Å². The van der Waals surface area contributed by atoms with Gasteiger partial charge in [0.2, 0.25) is 0 Å². The van der Waals surface area contributed by atoms with Gasteiger partial charge in [-0.3, -0.25) is 9.59 Å². The number of ether oxygens (including phenoxy) is 3. The number of likely N-dealkylation sites (N-methyl/N-ethyl adjacent to an activating group) is 1. The molecule has 0 radical (unpaired) electrons. The number of hydrogen-bond acceptors (Lipinski definition) is 8. The van der Waals surface area contributed by atoms with Crippen LogP contribution in [-0.2, 0) is 30.4 Å². The van der Waals surface area contributed by atoms with E-state index in [0.29, 0.717) is 11.4 Å². The van der Waals surface area contributed by atoms with Crippen molar-refractivity contribution < 1.29 is 28.6 Å². The van der Waals surface area contributed by atoms with Gasteiger partial charge in [-0.1, -0.05) is 17.7 Å². The molecule has 0 aliphatic carbocycles. The summed E-state index contributed by atoms with van der Waals surface area (Å²) < 4.78 is 15.2. The Hall–Kier alpha value is -2.55. The highest BCUT2D eigenvalue weighted by Crippen LogP contribution is 2.13. The summed E-state index contributed by atoms with van der Waals surface area (Å²) in [7, 11) is 1.44. The number of carbonyl (C=O) groups is 3. The molecular weight excluding hydrogens is 390 g/mol. The number of aromatic nitrogens is 1. The zero-order valence-corrected chi connectivity index (χ0v) is 17.4. The predicted molar refractivity (Wildman–Crippen MR) is 103 cm³/mol. The molecule has 10 heteroatoms. The standard InChI is InChI=1S/C18H26ClN3O6/c1-12(19)27-14(23)9-21-16-13(7-6-8-20-16)11-26-15(24)10-22(5)17(25)28-18(2,3)4/h6-8,12H,9-11H2,1-5H3,(H,20,21). The van der Waals surface area contributed by atoms with Crippen LogP contribution in [0.1, 0.15) is 33.3 Å². The third-order valence-electron chi connectivity index (χ3n) is 3.05. The first-order valence-electron chi connectivity index (χ1n) is 8.59. The molecule has 0 aliphatic rings. The van der Waals surface area contributed by atoms with Gasteiger partial charge in [0, 0.05) is 18.8 Å². The second-order valence-corrected chi connectivity index (χ2v) is 7.51. The Kier molecular flexibility index (Phi) is 8.98. The summed E-state index contributed by atoms with van der Waals surface area (Å²) in [6.45, 7) is 6.23. The first-order chi connectivity index (χ1) is 13.0. The van der Waals surface area contributed by atoms with Crippen molar-refractivity contribution in [1.29, 1.82) is 0 Å². The Balaban J connectivity index is 2.55. The largest absolute Gasteiger partial charge is 0.459 e. The highest BCUT2D eigenvalue weighted by molar-refractivity contribution is 6.20. The fourth-order valence-electron chi connectivity index (χ4n) is 1.89. The van der Waals surface area contributed by atoms with Crippen LogP contribution in [0.5, 0.6) is 0 Å². The summed E-state index contributed by atoms with van der Waals surface area (Å²) in [6, 6.07) is 3.36. The number of alkyl halides is 1. The maximum atomic E-state index is 12.0. The molecule has 156 valence electrons. The molecule has 9 nitrogen and oxygen atoms in total. The molecule has 1 aromatic rings. The monoisotopic (exact) mass is 415 g/mol. The molecular formula is C18H26ClN3O6. The first-order valence-corrected chi connectivity index (χ1v) is 9.02. The van der Waals surface area contributed by atoms with Crippen molar-refractivity contribution in [2.45, 2.75) is 45.5 Å². The number of nitrogens with one attached hydrogen (secondary N) is 1. The lowest BCUT2D eigenvalue weighted by molar-refractivity contribution is -0.146. The first kappa shape index (κ1) is 23.5. The number of nitrogens with zero attached hydrogens (tertiary/aromatic N) is 2. The van der Waals surface area contributed by atoms with Gasteiger partial charge in [0.05, 0.1) is 0 Å². The van der Waals surface area contributed by atoms with Crippen LogP contribution in [-0.4, -0.2) is 59.2 Å². The maximum absolute atomic E-state index is 12.0. The van der Waals surface area contributed by atoms with Gasteiger partial charge in [0.25, 0.3) is 0 Å². The summed E-state index contributed by atoms with van der Waals surface area (Å²) in [5, 5.41) is 2.81. The summed E-state index contributed by atoms with van der Waals surface area (Å²) in [4.78, 5) is 40.7. The number of pyridine rings is 1. The molecule has 1 atom stereocenters. The smallest absolute Gasteiger partial charge is 0.410 e. The third kappa shape index (κ3) is 9.40. The number of carbonyl (C=O) groups excluding carboxylic acids is 3. The van der Waals surface area contributed by atoms with E-state index in [1.165, 1.54) is 20.2 Å². The normalized spacial score (nSPS) is 11.9. The van der Waals surface area contributed by atoms with E-state index in [0.717, 1.165) is 4.90 Å². The van der Waals surface area contributed by atoms with Crippen molar-refractivity contribution in [3.63, 3.8) is 0 Å². The van der Waals surface area contributed by atoms with Crippen LogP contribution in [0, 0.1) is 0 Å². The van der Waals surface area contributed by atoms with E-state index in [4.69, 9.17) is 25.8 Å². The average Bonchev–Trinajstić information content (AvgIpc) is 2.56. The molecule has 1 unspecified atom stereocenters. The van der Waals surface area contributed by atoms with Crippen LogP contribution in [0.4, 0.5) is 10.6 Å². The van der Waals surface area contributed by atoms with Gasteiger partial charge in [0.15, 0.2) is 5.56 Å². The average molecular weight is 416 g/mol. The number of rotatable bonds is 8. The lowest BCUT2D eigenvalue weighted by Gasteiger charge is -2.24. The van der Waals surface area contributed by atoms with Crippen molar-refractivity contribution in [2.75, 3.05) is 25.5 Å². The molecule has 0 bridgehead atoms. The van der Waals surface area contributed by atoms with Gasteiger partial charge in [-0.25, -0.2) is 9.78 Å². The fraction of sp³-hybridized carbons (Fsp3) is 0.556. The van der Waals surface area contributed by atoms with Gasteiger partial charge in [-0.15, -0.1) is 0 Å². The Bertz CT molecular complexity index is 690. The lowest BCUT2D eigenvalue weighted by atomic mass is 10.2. The van der Waals surface area contributed by atoms with Crippen LogP contribution in [0.2, 0.25) is 0 Å². The Morgan fingerprint density at radius 1 is 1.29 bits per heavy atom. The van der Waals surface area contributed by atoms with E-state index >= 15 is 0 Å². The molecule has 0 aromatic carbocycles. The Morgan fingerprint density at radius 3 is 2.57 bits per heavy atom. The van der Waals surface area contributed by atoms with E-state index in [9.17, 15) is 14.4 Å². The summed E-state index contributed by atoms with van der Waals surface area (Å²) in [5.41, 5.74) is -0.837. The van der Waals surface area contributed by atoms with Crippen molar-refractivity contribution in [2.24, 2.45) is 0 Å². The SMILES string of the molecule is CC(Cl)OC(=O)CNc1ncccc1COC(=O)CN(C)C(=O)OC(C)(C)C. The maximum Gasteiger partial charge on any atom is 0.410 e. The molecule has 28 heavy (non-hydrogen) atoms. The summed E-state index contributed by atoms with van der Waals surface area (Å²) in [5.74, 6) is -0.788. The lowest BCUT2D eigenvalue weighted by Crippen LogP contribution is -2.37. The summed E-state index contributed by atoms with van der Waals surface area (Å²) >= 11 is 5.59. The van der Waals surface area contributed by atoms with Crippen LogP contribution >= 0.6 is 11.6 Å². The quantitative estimate of drug-likeness (QED) is 0.392. The fourth-order valence-corrected chi connectivity index (χ4v) is 1.99. The van der Waals surface area contributed by atoms with Crippen molar-refractivity contribution >= 4 is 35.5 Å². The molecule has 0 saturated carbocycles. The molecule has 1 N–H and O–H groups in total. The van der Waals surface area contributed by atoms with Crippen LogP contribution in [0.3, 0.4) is 0 Å². The molecule has 1 aromatic heterocycles. The van der Waals surface area contributed by atoms with Gasteiger partial charge in [-0.2, -0.15) is 0 Å².